The number of aliphatic imine (C=N–C) groups is 1. The van der Waals surface area contributed by atoms with Crippen molar-refractivity contribution < 1.29 is 43.9 Å². The summed E-state index contributed by atoms with van der Waals surface area (Å²) >= 11 is 0.808. The van der Waals surface area contributed by atoms with Gasteiger partial charge in [-0.15, -0.1) is 0 Å². The number of nitrogens with zero attached hydrogens (tertiary/aromatic N) is 2. The highest BCUT2D eigenvalue weighted by atomic mass is 32.2. The number of hydrogen-bond donors (Lipinski definition) is 0. The standard InChI is InChI=1S/C21H15F7N2O3S2/c22-14-3-1-11(2-4-14)5-18(31)29-19-30(16-9-35(32,33)10-17(16)34-19)15-7-12(20(23,24)25)6-13(8-15)21(26,27)28/h1-4,6-8,16-17H,5,9-10H2/t16-,17-/m1/s1. The van der Waals surface area contributed by atoms with Gasteiger partial charge in [0.05, 0.1) is 35.1 Å². The third-order valence-electron chi connectivity index (χ3n) is 5.41. The predicted octanol–water partition coefficient (Wildman–Crippen LogP) is 4.71. The minimum absolute atomic E-state index is 0.0356. The Hall–Kier alpha value is -2.61. The van der Waals surface area contributed by atoms with Gasteiger partial charge in [0.15, 0.2) is 15.0 Å². The van der Waals surface area contributed by atoms with E-state index in [-0.39, 0.29) is 23.4 Å². The summed E-state index contributed by atoms with van der Waals surface area (Å²) in [5.74, 6) is -2.21. The lowest BCUT2D eigenvalue weighted by molar-refractivity contribution is -0.143. The van der Waals surface area contributed by atoms with Gasteiger partial charge in [0.1, 0.15) is 5.82 Å². The number of benzene rings is 2. The van der Waals surface area contributed by atoms with Crippen molar-refractivity contribution in [2.45, 2.75) is 30.1 Å². The molecule has 0 spiro atoms. The summed E-state index contributed by atoms with van der Waals surface area (Å²) < 4.78 is 118. The average Bonchev–Trinajstić information content (AvgIpc) is 3.18. The lowest BCUT2D eigenvalue weighted by Crippen LogP contribution is -2.38. The van der Waals surface area contributed by atoms with E-state index in [1.54, 1.807) is 0 Å². The Morgan fingerprint density at radius 1 is 0.971 bits per heavy atom. The van der Waals surface area contributed by atoms with Crippen LogP contribution >= 0.6 is 11.8 Å². The second-order valence-corrected chi connectivity index (χ2v) is 11.4. The van der Waals surface area contributed by atoms with Crippen LogP contribution in [0, 0.1) is 5.82 Å². The lowest BCUT2D eigenvalue weighted by Gasteiger charge is -2.26. The molecule has 0 N–H and O–H groups in total. The molecular formula is C21H15F7N2O3S2. The van der Waals surface area contributed by atoms with Gasteiger partial charge in [0.2, 0.25) is 0 Å². The molecule has 2 aromatic carbocycles. The SMILES string of the molecule is O=C(Cc1ccc(F)cc1)N=C1S[C@@H]2CS(=O)(=O)C[C@H]2N1c1cc(C(F)(F)F)cc(C(F)(F)F)c1. The number of thioether (sulfide) groups is 1. The van der Waals surface area contributed by atoms with Gasteiger partial charge in [-0.25, -0.2) is 12.8 Å². The number of amidine groups is 1. The number of sulfone groups is 1. The average molecular weight is 540 g/mol. The highest BCUT2D eigenvalue weighted by molar-refractivity contribution is 8.16. The largest absolute Gasteiger partial charge is 0.416 e. The van der Waals surface area contributed by atoms with E-state index in [2.05, 4.69) is 4.99 Å². The van der Waals surface area contributed by atoms with Gasteiger partial charge in [-0.05, 0) is 35.9 Å². The number of anilines is 1. The summed E-state index contributed by atoms with van der Waals surface area (Å²) in [5, 5.41) is -0.935. The molecule has 0 saturated carbocycles. The molecule has 2 saturated heterocycles. The number of alkyl halides is 6. The predicted molar refractivity (Wildman–Crippen MR) is 115 cm³/mol. The molecule has 0 unspecified atom stereocenters. The number of halogens is 7. The first-order valence-corrected chi connectivity index (χ1v) is 12.6. The quantitative estimate of drug-likeness (QED) is 0.528. The maximum atomic E-state index is 13.4. The van der Waals surface area contributed by atoms with Crippen molar-refractivity contribution in [2.24, 2.45) is 4.99 Å². The van der Waals surface area contributed by atoms with Gasteiger partial charge in [0.25, 0.3) is 5.91 Å². The van der Waals surface area contributed by atoms with E-state index in [4.69, 9.17) is 0 Å². The molecule has 2 aliphatic rings. The minimum atomic E-state index is -5.11. The first-order chi connectivity index (χ1) is 16.1. The van der Waals surface area contributed by atoms with Crippen LogP contribution in [0.15, 0.2) is 47.5 Å². The molecule has 188 valence electrons. The number of carbonyl (C=O) groups is 1. The molecule has 2 atom stereocenters. The van der Waals surface area contributed by atoms with Gasteiger partial charge < -0.3 is 4.90 Å². The molecule has 2 aliphatic heterocycles. The molecule has 0 radical (unpaired) electrons. The van der Waals surface area contributed by atoms with Crippen molar-refractivity contribution in [3.8, 4) is 0 Å². The van der Waals surface area contributed by atoms with Crippen LogP contribution in [0.25, 0.3) is 0 Å². The zero-order valence-electron chi connectivity index (χ0n) is 17.4. The van der Waals surface area contributed by atoms with Crippen LogP contribution in [0.3, 0.4) is 0 Å². The first kappa shape index (κ1) is 25.5. The Labute approximate surface area is 198 Å². The number of carbonyl (C=O) groups excluding carboxylic acids is 1. The van der Waals surface area contributed by atoms with Crippen molar-refractivity contribution in [1.82, 2.24) is 0 Å². The Bertz CT molecular complexity index is 1260. The van der Waals surface area contributed by atoms with Gasteiger partial charge in [-0.1, -0.05) is 23.9 Å². The number of fused-ring (bicyclic) bond motifs is 1. The Morgan fingerprint density at radius 2 is 1.54 bits per heavy atom. The molecule has 1 amide bonds. The number of hydrogen-bond acceptors (Lipinski definition) is 4. The summed E-state index contributed by atoms with van der Waals surface area (Å²) in [6.07, 6.45) is -10.5. The van der Waals surface area contributed by atoms with E-state index in [1.165, 1.54) is 12.1 Å². The second-order valence-electron chi connectivity index (χ2n) is 8.03. The summed E-state index contributed by atoms with van der Waals surface area (Å²) in [5.41, 5.74) is -3.34. The summed E-state index contributed by atoms with van der Waals surface area (Å²) in [7, 11) is -3.61. The zero-order chi connectivity index (χ0) is 25.8. The topological polar surface area (TPSA) is 66.8 Å². The molecule has 2 heterocycles. The Balaban J connectivity index is 1.77. The molecule has 14 heteroatoms. The van der Waals surface area contributed by atoms with Crippen LogP contribution in [-0.2, 0) is 33.4 Å². The van der Waals surface area contributed by atoms with Crippen LogP contribution in [0.4, 0.5) is 36.4 Å². The van der Waals surface area contributed by atoms with Crippen molar-refractivity contribution in [3.05, 3.63) is 65.0 Å². The van der Waals surface area contributed by atoms with Gasteiger partial charge in [-0.3, -0.25) is 4.79 Å². The molecule has 35 heavy (non-hydrogen) atoms. The van der Waals surface area contributed by atoms with E-state index >= 15 is 0 Å². The van der Waals surface area contributed by atoms with Gasteiger partial charge in [0, 0.05) is 10.9 Å². The molecule has 0 aromatic heterocycles. The van der Waals surface area contributed by atoms with Crippen LogP contribution in [0.5, 0.6) is 0 Å². The monoisotopic (exact) mass is 540 g/mol. The zero-order valence-corrected chi connectivity index (χ0v) is 19.0. The molecule has 2 fully saturated rings. The third-order valence-corrected chi connectivity index (χ3v) is 8.62. The van der Waals surface area contributed by atoms with Crippen molar-refractivity contribution in [1.29, 1.82) is 0 Å². The summed E-state index contributed by atoms with van der Waals surface area (Å²) in [4.78, 5) is 17.4. The van der Waals surface area contributed by atoms with Crippen molar-refractivity contribution in [2.75, 3.05) is 16.4 Å². The molecular weight excluding hydrogens is 525 g/mol. The maximum Gasteiger partial charge on any atom is 0.416 e. The smallest absolute Gasteiger partial charge is 0.316 e. The third kappa shape index (κ3) is 5.63. The fourth-order valence-electron chi connectivity index (χ4n) is 3.87. The van der Waals surface area contributed by atoms with E-state index in [0.29, 0.717) is 17.7 Å². The summed E-state index contributed by atoms with van der Waals surface area (Å²) in [6, 6.07) is 4.80. The normalized spacial score (nSPS) is 23.1. The maximum absolute atomic E-state index is 13.4. The van der Waals surface area contributed by atoms with Gasteiger partial charge in [-0.2, -0.15) is 31.3 Å². The van der Waals surface area contributed by atoms with Crippen LogP contribution in [0.2, 0.25) is 0 Å². The van der Waals surface area contributed by atoms with E-state index in [0.717, 1.165) is 28.8 Å². The minimum Gasteiger partial charge on any atom is -0.316 e. The molecule has 0 bridgehead atoms. The van der Waals surface area contributed by atoms with E-state index < -0.39 is 67.8 Å². The van der Waals surface area contributed by atoms with Crippen LogP contribution < -0.4 is 4.90 Å². The molecule has 4 rings (SSSR count). The fraction of sp³-hybridized carbons (Fsp3) is 0.333. The van der Waals surface area contributed by atoms with Crippen molar-refractivity contribution in [3.63, 3.8) is 0 Å². The Morgan fingerprint density at radius 3 is 2.09 bits per heavy atom. The molecule has 5 nitrogen and oxygen atoms in total. The Kier molecular flexibility index (Phi) is 6.41. The first-order valence-electron chi connectivity index (χ1n) is 9.94. The fourth-order valence-corrected chi connectivity index (χ4v) is 7.80. The van der Waals surface area contributed by atoms with Crippen molar-refractivity contribution >= 4 is 38.4 Å². The van der Waals surface area contributed by atoms with Gasteiger partial charge >= 0.3 is 12.4 Å². The molecule has 0 aliphatic carbocycles. The summed E-state index contributed by atoms with van der Waals surface area (Å²) in [6.45, 7) is 0. The molecule has 2 aromatic rings. The lowest BCUT2D eigenvalue weighted by atomic mass is 10.1. The van der Waals surface area contributed by atoms with E-state index in [9.17, 15) is 43.9 Å². The van der Waals surface area contributed by atoms with Crippen LogP contribution in [0.1, 0.15) is 16.7 Å². The number of rotatable bonds is 3. The second kappa shape index (κ2) is 8.80. The highest BCUT2D eigenvalue weighted by Crippen LogP contribution is 2.44. The number of amides is 1. The highest BCUT2D eigenvalue weighted by Gasteiger charge is 2.50. The van der Waals surface area contributed by atoms with E-state index in [1.807, 2.05) is 0 Å². The van der Waals surface area contributed by atoms with Crippen LogP contribution in [-0.4, -0.2) is 42.3 Å².